The molecule has 1 aliphatic rings. The first-order valence-electron chi connectivity index (χ1n) is 13.3. The van der Waals surface area contributed by atoms with Crippen molar-refractivity contribution in [3.05, 3.63) is 93.2 Å². The first kappa shape index (κ1) is 24.9. The van der Waals surface area contributed by atoms with Crippen LogP contribution in [0.1, 0.15) is 71.4 Å². The Kier molecular flexibility index (Phi) is 6.17. The maximum absolute atomic E-state index is 13.7. The van der Waals surface area contributed by atoms with Crippen molar-refractivity contribution in [1.29, 1.82) is 0 Å². The Morgan fingerprint density at radius 2 is 2.05 bits per heavy atom. The second-order valence-corrected chi connectivity index (χ2v) is 10.6. The molecule has 39 heavy (non-hydrogen) atoms. The van der Waals surface area contributed by atoms with Gasteiger partial charge in [-0.25, -0.2) is 4.52 Å². The number of carbonyl (C=O) groups is 1. The Hall–Kier alpha value is -4.46. The summed E-state index contributed by atoms with van der Waals surface area (Å²) in [7, 11) is 1.66. The molecule has 3 heterocycles. The predicted molar refractivity (Wildman–Crippen MR) is 152 cm³/mol. The summed E-state index contributed by atoms with van der Waals surface area (Å²) in [4.78, 5) is 34.6. The number of fused-ring (bicyclic) bond motifs is 3. The van der Waals surface area contributed by atoms with Gasteiger partial charge < -0.3 is 15.0 Å². The number of rotatable bonds is 5. The largest absolute Gasteiger partial charge is 0.497 e. The summed E-state index contributed by atoms with van der Waals surface area (Å²) in [5.74, 6) is 0.457. The molecule has 8 nitrogen and oxygen atoms in total. The second-order valence-electron chi connectivity index (χ2n) is 10.6. The number of amides is 1. The van der Waals surface area contributed by atoms with Gasteiger partial charge in [0.15, 0.2) is 5.69 Å². The molecule has 3 aromatic heterocycles. The van der Waals surface area contributed by atoms with E-state index in [2.05, 4.69) is 20.4 Å². The molecule has 2 aromatic carbocycles. The zero-order valence-corrected chi connectivity index (χ0v) is 22.5. The summed E-state index contributed by atoms with van der Waals surface area (Å²) in [6.45, 7) is 5.98. The molecule has 1 unspecified atom stereocenters. The van der Waals surface area contributed by atoms with Crippen LogP contribution < -0.4 is 15.6 Å². The number of nitrogens with zero attached hydrogens (tertiary/aromatic N) is 3. The Balaban J connectivity index is 1.40. The highest BCUT2D eigenvalue weighted by atomic mass is 16.5. The minimum Gasteiger partial charge on any atom is -0.497 e. The van der Waals surface area contributed by atoms with E-state index >= 15 is 0 Å². The average Bonchev–Trinajstić information content (AvgIpc) is 3.34. The molecular formula is C31H31N5O3. The third-order valence-corrected chi connectivity index (χ3v) is 7.68. The maximum Gasteiger partial charge on any atom is 0.274 e. The lowest BCUT2D eigenvalue weighted by atomic mass is 9.87. The highest BCUT2D eigenvalue weighted by Crippen LogP contribution is 2.33. The third-order valence-electron chi connectivity index (χ3n) is 7.68. The van der Waals surface area contributed by atoms with Crippen molar-refractivity contribution in [3.63, 3.8) is 0 Å². The molecule has 1 aliphatic carbocycles. The molecule has 2 N–H and O–H groups in total. The first-order valence-corrected chi connectivity index (χ1v) is 13.3. The zero-order chi connectivity index (χ0) is 27.3. The van der Waals surface area contributed by atoms with E-state index in [0.717, 1.165) is 52.6 Å². The zero-order valence-electron chi connectivity index (χ0n) is 22.5. The van der Waals surface area contributed by atoms with E-state index in [4.69, 9.17) is 4.74 Å². The SMILES string of the molecule is COc1ccc2c(c1)CCCC2NC(=O)c1nn2cc(-c3cnc4cccc(C)c4c3)[nH]c(=O)c2c1C(C)C. The quantitative estimate of drug-likeness (QED) is 0.319. The monoisotopic (exact) mass is 521 g/mol. The highest BCUT2D eigenvalue weighted by molar-refractivity contribution is 5.96. The van der Waals surface area contributed by atoms with Crippen molar-refractivity contribution in [2.24, 2.45) is 0 Å². The topological polar surface area (TPSA) is 101 Å². The lowest BCUT2D eigenvalue weighted by molar-refractivity contribution is 0.0926. The van der Waals surface area contributed by atoms with Crippen LogP contribution in [-0.4, -0.2) is 32.6 Å². The summed E-state index contributed by atoms with van der Waals surface area (Å²) in [5.41, 5.74) is 6.66. The van der Waals surface area contributed by atoms with E-state index < -0.39 is 0 Å². The number of pyridine rings is 1. The minimum absolute atomic E-state index is 0.0805. The summed E-state index contributed by atoms with van der Waals surface area (Å²) in [5, 5.41) is 8.87. The molecule has 8 heteroatoms. The lowest BCUT2D eigenvalue weighted by Gasteiger charge is -2.26. The smallest absolute Gasteiger partial charge is 0.274 e. The number of hydrogen-bond acceptors (Lipinski definition) is 5. The Morgan fingerprint density at radius 3 is 2.85 bits per heavy atom. The van der Waals surface area contributed by atoms with Gasteiger partial charge in [-0.2, -0.15) is 5.10 Å². The summed E-state index contributed by atoms with van der Waals surface area (Å²) in [6, 6.07) is 13.9. The van der Waals surface area contributed by atoms with Crippen molar-refractivity contribution >= 4 is 22.3 Å². The molecule has 6 rings (SSSR count). The molecule has 5 aromatic rings. The van der Waals surface area contributed by atoms with Gasteiger partial charge in [-0.1, -0.05) is 32.0 Å². The van der Waals surface area contributed by atoms with Crippen LogP contribution in [0, 0.1) is 6.92 Å². The molecule has 198 valence electrons. The number of aryl methyl sites for hydroxylation is 2. The van der Waals surface area contributed by atoms with Gasteiger partial charge in [0.2, 0.25) is 0 Å². The van der Waals surface area contributed by atoms with E-state index in [-0.39, 0.29) is 29.1 Å². The van der Waals surface area contributed by atoms with Crippen molar-refractivity contribution in [3.8, 4) is 17.0 Å². The fraction of sp³-hybridized carbons (Fsp3) is 0.290. The van der Waals surface area contributed by atoms with E-state index in [9.17, 15) is 9.59 Å². The molecule has 0 saturated carbocycles. The number of benzene rings is 2. The highest BCUT2D eigenvalue weighted by Gasteiger charge is 2.28. The summed E-state index contributed by atoms with van der Waals surface area (Å²) in [6.07, 6.45) is 6.27. The molecule has 0 fully saturated rings. The number of H-pyrrole nitrogens is 1. The van der Waals surface area contributed by atoms with E-state index in [1.807, 2.05) is 63.2 Å². The molecule has 0 bridgehead atoms. The van der Waals surface area contributed by atoms with Crippen LogP contribution in [0.5, 0.6) is 5.75 Å². The fourth-order valence-corrected chi connectivity index (χ4v) is 5.70. The van der Waals surface area contributed by atoms with Crippen LogP contribution in [0.15, 0.2) is 59.7 Å². The number of carbonyl (C=O) groups excluding carboxylic acids is 1. The molecule has 0 saturated heterocycles. The fourth-order valence-electron chi connectivity index (χ4n) is 5.70. The van der Waals surface area contributed by atoms with Gasteiger partial charge in [-0.05, 0) is 73.1 Å². The normalized spacial score (nSPS) is 15.1. The van der Waals surface area contributed by atoms with Crippen LogP contribution in [-0.2, 0) is 6.42 Å². The summed E-state index contributed by atoms with van der Waals surface area (Å²) >= 11 is 0. The standard InChI is InChI=1S/C31H31N5O3/c1-17(2)27-28(30(37)33-25-10-6-8-19-13-21(39-4)11-12-22(19)25)35-36-16-26(34-31(38)29(27)36)20-14-23-18(3)7-5-9-24(23)32-15-20/h5,7,9,11-17,25H,6,8,10H2,1-4H3,(H,33,37)(H,34,38). The van der Waals surface area contributed by atoms with Crippen molar-refractivity contribution in [1.82, 2.24) is 24.9 Å². The van der Waals surface area contributed by atoms with Crippen LogP contribution >= 0.6 is 0 Å². The molecule has 1 amide bonds. The third kappa shape index (κ3) is 4.35. The number of aromatic amines is 1. The van der Waals surface area contributed by atoms with Crippen LogP contribution in [0.4, 0.5) is 0 Å². The molecule has 0 aliphatic heterocycles. The van der Waals surface area contributed by atoms with Crippen molar-refractivity contribution < 1.29 is 9.53 Å². The van der Waals surface area contributed by atoms with Crippen molar-refractivity contribution in [2.75, 3.05) is 7.11 Å². The minimum atomic E-state index is -0.289. The second kappa shape index (κ2) is 9.69. The molecule has 0 spiro atoms. The number of ether oxygens (including phenoxy) is 1. The van der Waals surface area contributed by atoms with Gasteiger partial charge in [0.25, 0.3) is 11.5 Å². The van der Waals surface area contributed by atoms with E-state index in [1.165, 1.54) is 5.56 Å². The molecular weight excluding hydrogens is 490 g/mol. The maximum atomic E-state index is 13.7. The van der Waals surface area contributed by atoms with Gasteiger partial charge in [0.05, 0.1) is 30.6 Å². The van der Waals surface area contributed by atoms with Gasteiger partial charge in [-0.15, -0.1) is 0 Å². The number of hydrogen-bond donors (Lipinski definition) is 2. The van der Waals surface area contributed by atoms with Crippen LogP contribution in [0.2, 0.25) is 0 Å². The number of aromatic nitrogens is 4. The van der Waals surface area contributed by atoms with E-state index in [1.54, 1.807) is 24.0 Å². The average molecular weight is 522 g/mol. The predicted octanol–water partition coefficient (Wildman–Crippen LogP) is 5.49. The van der Waals surface area contributed by atoms with Crippen LogP contribution in [0.25, 0.3) is 27.7 Å². The van der Waals surface area contributed by atoms with Gasteiger partial charge in [-0.3, -0.25) is 14.6 Å². The van der Waals surface area contributed by atoms with Crippen molar-refractivity contribution in [2.45, 2.75) is 52.0 Å². The molecule has 1 atom stereocenters. The lowest BCUT2D eigenvalue weighted by Crippen LogP contribution is -2.32. The Labute approximate surface area is 226 Å². The Morgan fingerprint density at radius 1 is 1.21 bits per heavy atom. The van der Waals surface area contributed by atoms with Crippen LogP contribution in [0.3, 0.4) is 0 Å². The van der Waals surface area contributed by atoms with E-state index in [0.29, 0.717) is 16.8 Å². The van der Waals surface area contributed by atoms with Gasteiger partial charge in [0.1, 0.15) is 11.3 Å². The number of methoxy groups -OCH3 is 1. The van der Waals surface area contributed by atoms with Gasteiger partial charge in [0, 0.05) is 22.7 Å². The van der Waals surface area contributed by atoms with Gasteiger partial charge >= 0.3 is 0 Å². The number of nitrogens with one attached hydrogen (secondary N) is 2. The summed E-state index contributed by atoms with van der Waals surface area (Å²) < 4.78 is 6.93. The molecule has 0 radical (unpaired) electrons. The first-order chi connectivity index (χ1) is 18.8. The Bertz CT molecular complexity index is 1800.